The largest absolute Gasteiger partial charge is 0.469 e. The van der Waals surface area contributed by atoms with E-state index in [1.165, 1.54) is 7.11 Å². The molecule has 3 heteroatoms. The number of rotatable bonds is 5. The van der Waals surface area contributed by atoms with Gasteiger partial charge in [0.05, 0.1) is 13.0 Å². The SMILES string of the molecule is COC(=O)C(C)CN(C(C)C)C(C)C. The second kappa shape index (κ2) is 6.02. The van der Waals surface area contributed by atoms with Crippen LogP contribution in [0.5, 0.6) is 0 Å². The molecule has 3 nitrogen and oxygen atoms in total. The van der Waals surface area contributed by atoms with Crippen molar-refractivity contribution in [2.75, 3.05) is 13.7 Å². The molecule has 0 aromatic rings. The van der Waals surface area contributed by atoms with E-state index in [4.69, 9.17) is 4.74 Å². The van der Waals surface area contributed by atoms with E-state index in [0.29, 0.717) is 12.1 Å². The van der Waals surface area contributed by atoms with Crippen LogP contribution >= 0.6 is 0 Å². The highest BCUT2D eigenvalue weighted by molar-refractivity contribution is 5.72. The zero-order valence-electron chi connectivity index (χ0n) is 10.2. The molecule has 0 aliphatic carbocycles. The molecule has 0 rings (SSSR count). The van der Waals surface area contributed by atoms with Gasteiger partial charge in [-0.2, -0.15) is 0 Å². The van der Waals surface area contributed by atoms with E-state index in [2.05, 4.69) is 32.6 Å². The smallest absolute Gasteiger partial charge is 0.309 e. The zero-order chi connectivity index (χ0) is 11.3. The molecular formula is C11H23NO2. The number of nitrogens with zero attached hydrogens (tertiary/aromatic N) is 1. The van der Waals surface area contributed by atoms with Crippen LogP contribution in [0.15, 0.2) is 0 Å². The van der Waals surface area contributed by atoms with Crippen molar-refractivity contribution in [2.24, 2.45) is 5.92 Å². The summed E-state index contributed by atoms with van der Waals surface area (Å²) in [7, 11) is 1.44. The van der Waals surface area contributed by atoms with E-state index >= 15 is 0 Å². The fraction of sp³-hybridized carbons (Fsp3) is 0.909. The number of carbonyl (C=O) groups excluding carboxylic acids is 1. The Bertz CT molecular complexity index is 170. The van der Waals surface area contributed by atoms with Crippen molar-refractivity contribution in [3.63, 3.8) is 0 Å². The Morgan fingerprint density at radius 3 is 1.86 bits per heavy atom. The first-order valence-electron chi connectivity index (χ1n) is 5.23. The maximum atomic E-state index is 11.2. The standard InChI is InChI=1S/C11H23NO2/c1-8(2)12(9(3)4)7-10(5)11(13)14-6/h8-10H,7H2,1-6H3. The lowest BCUT2D eigenvalue weighted by Gasteiger charge is -2.32. The van der Waals surface area contributed by atoms with Crippen LogP contribution in [0, 0.1) is 5.92 Å². The molecule has 0 fully saturated rings. The molecule has 0 amide bonds. The molecule has 0 aliphatic heterocycles. The molecule has 0 N–H and O–H groups in total. The number of carbonyl (C=O) groups is 1. The highest BCUT2D eigenvalue weighted by Crippen LogP contribution is 2.10. The second-order valence-corrected chi connectivity index (χ2v) is 4.31. The Hall–Kier alpha value is -0.570. The van der Waals surface area contributed by atoms with E-state index in [-0.39, 0.29) is 11.9 Å². The summed E-state index contributed by atoms with van der Waals surface area (Å²) in [5, 5.41) is 0. The fourth-order valence-corrected chi connectivity index (χ4v) is 1.61. The maximum Gasteiger partial charge on any atom is 0.309 e. The van der Waals surface area contributed by atoms with Crippen LogP contribution in [0.1, 0.15) is 34.6 Å². The molecule has 1 atom stereocenters. The molecular weight excluding hydrogens is 178 g/mol. The molecule has 14 heavy (non-hydrogen) atoms. The molecule has 0 spiro atoms. The maximum absolute atomic E-state index is 11.2. The number of esters is 1. The molecule has 84 valence electrons. The van der Waals surface area contributed by atoms with Gasteiger partial charge in [-0.15, -0.1) is 0 Å². The molecule has 0 aromatic carbocycles. The van der Waals surface area contributed by atoms with E-state index in [0.717, 1.165) is 6.54 Å². The third-order valence-electron chi connectivity index (χ3n) is 2.41. The Kier molecular flexibility index (Phi) is 5.77. The van der Waals surface area contributed by atoms with Crippen molar-refractivity contribution >= 4 is 5.97 Å². The normalized spacial score (nSPS) is 13.8. The topological polar surface area (TPSA) is 29.5 Å². The molecule has 0 heterocycles. The van der Waals surface area contributed by atoms with Gasteiger partial charge in [-0.05, 0) is 27.7 Å². The third kappa shape index (κ3) is 4.09. The average molecular weight is 201 g/mol. The van der Waals surface area contributed by atoms with Crippen LogP contribution in [0.2, 0.25) is 0 Å². The summed E-state index contributed by atoms with van der Waals surface area (Å²) in [5.74, 6) is -0.180. The van der Waals surface area contributed by atoms with Crippen LogP contribution in [-0.4, -0.2) is 36.6 Å². The van der Waals surface area contributed by atoms with Gasteiger partial charge in [-0.3, -0.25) is 9.69 Å². The molecule has 0 aromatic heterocycles. The van der Waals surface area contributed by atoms with E-state index in [9.17, 15) is 4.79 Å². The lowest BCUT2D eigenvalue weighted by atomic mass is 10.1. The molecule has 1 unspecified atom stereocenters. The fourth-order valence-electron chi connectivity index (χ4n) is 1.61. The number of ether oxygens (including phenoxy) is 1. The van der Waals surface area contributed by atoms with Gasteiger partial charge >= 0.3 is 5.97 Å². The second-order valence-electron chi connectivity index (χ2n) is 4.31. The lowest BCUT2D eigenvalue weighted by Crippen LogP contribution is -2.41. The minimum Gasteiger partial charge on any atom is -0.469 e. The van der Waals surface area contributed by atoms with Gasteiger partial charge in [0.2, 0.25) is 0 Å². The zero-order valence-corrected chi connectivity index (χ0v) is 10.2. The minimum atomic E-state index is -0.128. The summed E-state index contributed by atoms with van der Waals surface area (Å²) in [6.45, 7) is 11.2. The van der Waals surface area contributed by atoms with Crippen LogP contribution in [0.4, 0.5) is 0 Å². The average Bonchev–Trinajstić information content (AvgIpc) is 2.11. The third-order valence-corrected chi connectivity index (χ3v) is 2.41. The first-order valence-corrected chi connectivity index (χ1v) is 5.23. The van der Waals surface area contributed by atoms with Crippen LogP contribution in [0.3, 0.4) is 0 Å². The van der Waals surface area contributed by atoms with Gasteiger partial charge in [0, 0.05) is 18.6 Å². The molecule has 0 saturated heterocycles. The Labute approximate surface area is 87.4 Å². The predicted molar refractivity (Wildman–Crippen MR) is 58.2 cm³/mol. The van der Waals surface area contributed by atoms with Crippen LogP contribution in [0.25, 0.3) is 0 Å². The van der Waals surface area contributed by atoms with Gasteiger partial charge < -0.3 is 4.74 Å². The summed E-state index contributed by atoms with van der Waals surface area (Å²) < 4.78 is 4.71. The highest BCUT2D eigenvalue weighted by Gasteiger charge is 2.21. The Morgan fingerprint density at radius 1 is 1.14 bits per heavy atom. The minimum absolute atomic E-state index is 0.0511. The summed E-state index contributed by atoms with van der Waals surface area (Å²) in [5.41, 5.74) is 0. The van der Waals surface area contributed by atoms with Crippen LogP contribution in [-0.2, 0) is 9.53 Å². The van der Waals surface area contributed by atoms with Gasteiger partial charge in [0.25, 0.3) is 0 Å². The molecule has 0 saturated carbocycles. The summed E-state index contributed by atoms with van der Waals surface area (Å²) >= 11 is 0. The van der Waals surface area contributed by atoms with Crippen molar-refractivity contribution in [1.82, 2.24) is 4.90 Å². The molecule has 0 radical (unpaired) electrons. The van der Waals surface area contributed by atoms with E-state index in [1.807, 2.05) is 6.92 Å². The lowest BCUT2D eigenvalue weighted by molar-refractivity contribution is -0.145. The van der Waals surface area contributed by atoms with Crippen molar-refractivity contribution in [3.05, 3.63) is 0 Å². The van der Waals surface area contributed by atoms with Gasteiger partial charge in [-0.25, -0.2) is 0 Å². The number of hydrogen-bond acceptors (Lipinski definition) is 3. The van der Waals surface area contributed by atoms with Crippen molar-refractivity contribution in [1.29, 1.82) is 0 Å². The van der Waals surface area contributed by atoms with Crippen molar-refractivity contribution in [2.45, 2.75) is 46.7 Å². The predicted octanol–water partition coefficient (Wildman–Crippen LogP) is 1.91. The molecule has 0 bridgehead atoms. The summed E-state index contributed by atoms with van der Waals surface area (Å²) in [6, 6.07) is 0.921. The summed E-state index contributed by atoms with van der Waals surface area (Å²) in [6.07, 6.45) is 0. The van der Waals surface area contributed by atoms with E-state index < -0.39 is 0 Å². The van der Waals surface area contributed by atoms with E-state index in [1.54, 1.807) is 0 Å². The Morgan fingerprint density at radius 2 is 1.57 bits per heavy atom. The van der Waals surface area contributed by atoms with Crippen molar-refractivity contribution < 1.29 is 9.53 Å². The number of methoxy groups -OCH3 is 1. The quantitative estimate of drug-likeness (QED) is 0.636. The van der Waals surface area contributed by atoms with Gasteiger partial charge in [-0.1, -0.05) is 6.92 Å². The van der Waals surface area contributed by atoms with Gasteiger partial charge in [0.1, 0.15) is 0 Å². The first-order chi connectivity index (χ1) is 6.40. The van der Waals surface area contributed by atoms with Gasteiger partial charge in [0.15, 0.2) is 0 Å². The number of hydrogen-bond donors (Lipinski definition) is 0. The Balaban J connectivity index is 4.23. The molecule has 0 aliphatic rings. The van der Waals surface area contributed by atoms with Crippen molar-refractivity contribution in [3.8, 4) is 0 Å². The first kappa shape index (κ1) is 13.4. The van der Waals surface area contributed by atoms with Crippen LogP contribution < -0.4 is 0 Å². The highest BCUT2D eigenvalue weighted by atomic mass is 16.5. The summed E-state index contributed by atoms with van der Waals surface area (Å²) in [4.78, 5) is 13.5. The monoisotopic (exact) mass is 201 g/mol.